The van der Waals surface area contributed by atoms with Gasteiger partial charge in [0, 0.05) is 24.0 Å². The zero-order valence-corrected chi connectivity index (χ0v) is 17.2. The van der Waals surface area contributed by atoms with Crippen molar-refractivity contribution in [2.45, 2.75) is 19.3 Å². The molecule has 1 aliphatic heterocycles. The van der Waals surface area contributed by atoms with E-state index in [-0.39, 0.29) is 17.7 Å². The fourth-order valence-electron chi connectivity index (χ4n) is 3.32. The van der Waals surface area contributed by atoms with E-state index in [0.717, 1.165) is 0 Å². The van der Waals surface area contributed by atoms with Crippen molar-refractivity contribution in [1.29, 1.82) is 0 Å². The Morgan fingerprint density at radius 1 is 1.10 bits per heavy atom. The number of nitrogens with one attached hydrogen (secondary N) is 1. The van der Waals surface area contributed by atoms with Crippen molar-refractivity contribution in [2.75, 3.05) is 32.1 Å². The summed E-state index contributed by atoms with van der Waals surface area (Å²) in [5.74, 6) is 1.22. The number of hydrogen-bond acceptors (Lipinski definition) is 4. The van der Waals surface area contributed by atoms with Crippen LogP contribution in [0.4, 0.5) is 5.69 Å². The topological polar surface area (TPSA) is 67.9 Å². The third-order valence-electron chi connectivity index (χ3n) is 4.98. The molecule has 7 heteroatoms. The molecule has 1 fully saturated rings. The predicted octanol–water partition coefficient (Wildman–Crippen LogP) is 3.99. The lowest BCUT2D eigenvalue weighted by Crippen LogP contribution is -2.41. The fraction of sp³-hybridized carbons (Fsp3) is 0.364. The van der Waals surface area contributed by atoms with E-state index < -0.39 is 0 Å². The first-order chi connectivity index (χ1) is 14.1. The van der Waals surface area contributed by atoms with Crippen LogP contribution in [0.15, 0.2) is 48.5 Å². The molecule has 2 aromatic carbocycles. The van der Waals surface area contributed by atoms with Gasteiger partial charge in [0.25, 0.3) is 0 Å². The number of anilines is 1. The zero-order chi connectivity index (χ0) is 20.6. The molecule has 29 heavy (non-hydrogen) atoms. The third-order valence-corrected chi connectivity index (χ3v) is 5.23. The molecule has 1 heterocycles. The van der Waals surface area contributed by atoms with E-state index in [4.69, 9.17) is 21.1 Å². The Hall–Kier alpha value is -2.73. The van der Waals surface area contributed by atoms with Crippen LogP contribution >= 0.6 is 11.6 Å². The van der Waals surface area contributed by atoms with Crippen LogP contribution in [-0.4, -0.2) is 43.5 Å². The SMILES string of the molecule is COc1ccccc1NC(=O)C1CCN(C(=O)CCOc2ccc(Cl)cc2)CC1. The Labute approximate surface area is 175 Å². The van der Waals surface area contributed by atoms with Gasteiger partial charge in [-0.05, 0) is 49.2 Å². The molecule has 0 radical (unpaired) electrons. The summed E-state index contributed by atoms with van der Waals surface area (Å²) >= 11 is 5.84. The number of rotatable bonds is 7. The second-order valence-electron chi connectivity index (χ2n) is 6.90. The summed E-state index contributed by atoms with van der Waals surface area (Å²) in [6.07, 6.45) is 1.59. The summed E-state index contributed by atoms with van der Waals surface area (Å²) in [5.41, 5.74) is 0.665. The summed E-state index contributed by atoms with van der Waals surface area (Å²) in [7, 11) is 1.58. The van der Waals surface area contributed by atoms with Gasteiger partial charge in [0.05, 0.1) is 25.8 Å². The Balaban J connectivity index is 1.41. The Morgan fingerprint density at radius 3 is 2.48 bits per heavy atom. The number of amides is 2. The molecule has 0 atom stereocenters. The molecule has 0 unspecified atom stereocenters. The minimum Gasteiger partial charge on any atom is -0.495 e. The van der Waals surface area contributed by atoms with Gasteiger partial charge in [-0.1, -0.05) is 23.7 Å². The summed E-state index contributed by atoms with van der Waals surface area (Å²) in [5, 5.41) is 3.58. The second kappa shape index (κ2) is 10.2. The fourth-order valence-corrected chi connectivity index (χ4v) is 3.44. The third kappa shape index (κ3) is 5.87. The molecule has 1 N–H and O–H groups in total. The highest BCUT2D eigenvalue weighted by Gasteiger charge is 2.27. The van der Waals surface area contributed by atoms with Gasteiger partial charge in [0.2, 0.25) is 11.8 Å². The van der Waals surface area contributed by atoms with Gasteiger partial charge in [-0.2, -0.15) is 0 Å². The van der Waals surface area contributed by atoms with Crippen LogP contribution in [0, 0.1) is 5.92 Å². The quantitative estimate of drug-likeness (QED) is 0.740. The van der Waals surface area contributed by atoms with Gasteiger partial charge in [-0.3, -0.25) is 9.59 Å². The van der Waals surface area contributed by atoms with Crippen molar-refractivity contribution in [3.8, 4) is 11.5 Å². The van der Waals surface area contributed by atoms with E-state index in [9.17, 15) is 9.59 Å². The first-order valence-electron chi connectivity index (χ1n) is 9.67. The molecule has 6 nitrogen and oxygen atoms in total. The van der Waals surface area contributed by atoms with Crippen molar-refractivity contribution in [3.63, 3.8) is 0 Å². The van der Waals surface area contributed by atoms with Crippen molar-refractivity contribution in [2.24, 2.45) is 5.92 Å². The molecular weight excluding hydrogens is 392 g/mol. The van der Waals surface area contributed by atoms with Gasteiger partial charge in [0.1, 0.15) is 11.5 Å². The lowest BCUT2D eigenvalue weighted by Gasteiger charge is -2.31. The highest BCUT2D eigenvalue weighted by molar-refractivity contribution is 6.30. The largest absolute Gasteiger partial charge is 0.495 e. The molecule has 0 spiro atoms. The van der Waals surface area contributed by atoms with Gasteiger partial charge < -0.3 is 19.7 Å². The summed E-state index contributed by atoms with van der Waals surface area (Å²) in [6.45, 7) is 1.46. The number of carbonyl (C=O) groups excluding carboxylic acids is 2. The van der Waals surface area contributed by atoms with Crippen LogP contribution in [0.3, 0.4) is 0 Å². The highest BCUT2D eigenvalue weighted by Crippen LogP contribution is 2.26. The van der Waals surface area contributed by atoms with Crippen molar-refractivity contribution >= 4 is 29.1 Å². The molecule has 2 amide bonds. The van der Waals surface area contributed by atoms with Crippen molar-refractivity contribution in [1.82, 2.24) is 4.90 Å². The van der Waals surface area contributed by atoms with E-state index in [1.165, 1.54) is 0 Å². The van der Waals surface area contributed by atoms with E-state index in [0.29, 0.717) is 61.2 Å². The molecule has 1 saturated heterocycles. The Bertz CT molecular complexity index is 833. The average Bonchev–Trinajstić information content (AvgIpc) is 2.75. The summed E-state index contributed by atoms with van der Waals surface area (Å²) in [6, 6.07) is 14.4. The molecule has 0 aromatic heterocycles. The lowest BCUT2D eigenvalue weighted by atomic mass is 9.95. The number of carbonyl (C=O) groups is 2. The number of likely N-dealkylation sites (tertiary alicyclic amines) is 1. The molecule has 3 rings (SSSR count). The van der Waals surface area contributed by atoms with Gasteiger partial charge in [-0.15, -0.1) is 0 Å². The van der Waals surface area contributed by atoms with Crippen LogP contribution in [0.25, 0.3) is 0 Å². The van der Waals surface area contributed by atoms with Gasteiger partial charge in [0.15, 0.2) is 0 Å². The number of benzene rings is 2. The van der Waals surface area contributed by atoms with E-state index >= 15 is 0 Å². The molecule has 1 aliphatic rings. The minimum absolute atomic E-state index is 0.0346. The second-order valence-corrected chi connectivity index (χ2v) is 7.33. The van der Waals surface area contributed by atoms with E-state index in [1.807, 2.05) is 24.3 Å². The molecule has 0 saturated carbocycles. The van der Waals surface area contributed by atoms with Gasteiger partial charge in [-0.25, -0.2) is 0 Å². The zero-order valence-electron chi connectivity index (χ0n) is 16.4. The molecule has 0 bridgehead atoms. The standard InChI is InChI=1S/C22H25ClN2O4/c1-28-20-5-3-2-4-19(20)24-22(27)16-10-13-25(14-11-16)21(26)12-15-29-18-8-6-17(23)7-9-18/h2-9,16H,10-15H2,1H3,(H,24,27). The van der Waals surface area contributed by atoms with Crippen LogP contribution < -0.4 is 14.8 Å². The normalized spacial score (nSPS) is 14.3. The molecular formula is C22H25ClN2O4. The summed E-state index contributed by atoms with van der Waals surface area (Å²) in [4.78, 5) is 26.8. The number of para-hydroxylation sites is 2. The maximum absolute atomic E-state index is 12.6. The van der Waals surface area contributed by atoms with Gasteiger partial charge >= 0.3 is 0 Å². The minimum atomic E-state index is -0.116. The maximum Gasteiger partial charge on any atom is 0.227 e. The maximum atomic E-state index is 12.6. The van der Waals surface area contributed by atoms with Crippen LogP contribution in [0.1, 0.15) is 19.3 Å². The first-order valence-corrected chi connectivity index (χ1v) is 10.0. The lowest BCUT2D eigenvalue weighted by molar-refractivity contribution is -0.135. The summed E-state index contributed by atoms with van der Waals surface area (Å²) < 4.78 is 10.9. The van der Waals surface area contributed by atoms with Crippen LogP contribution in [0.2, 0.25) is 5.02 Å². The number of methoxy groups -OCH3 is 1. The number of halogens is 1. The van der Waals surface area contributed by atoms with E-state index in [1.54, 1.807) is 36.3 Å². The van der Waals surface area contributed by atoms with Crippen molar-refractivity contribution in [3.05, 3.63) is 53.6 Å². The predicted molar refractivity (Wildman–Crippen MR) is 112 cm³/mol. The van der Waals surface area contributed by atoms with E-state index in [2.05, 4.69) is 5.32 Å². The average molecular weight is 417 g/mol. The smallest absolute Gasteiger partial charge is 0.227 e. The Morgan fingerprint density at radius 2 is 1.79 bits per heavy atom. The monoisotopic (exact) mass is 416 g/mol. The molecule has 0 aliphatic carbocycles. The number of ether oxygens (including phenoxy) is 2. The van der Waals surface area contributed by atoms with Crippen LogP contribution in [0.5, 0.6) is 11.5 Å². The molecule has 154 valence electrons. The first kappa shape index (κ1) is 21.0. The van der Waals surface area contributed by atoms with Crippen LogP contribution in [-0.2, 0) is 9.59 Å². The van der Waals surface area contributed by atoms with Crippen molar-refractivity contribution < 1.29 is 19.1 Å². The Kier molecular flexibility index (Phi) is 7.36. The molecule has 2 aromatic rings. The highest BCUT2D eigenvalue weighted by atomic mass is 35.5. The number of nitrogens with zero attached hydrogens (tertiary/aromatic N) is 1. The number of hydrogen-bond donors (Lipinski definition) is 1. The number of piperidine rings is 1.